The maximum atomic E-state index is 5.84. The fourth-order valence-corrected chi connectivity index (χ4v) is 5.83. The number of nitrogens with one attached hydrogen (secondary N) is 1. The molecular weight excluding hydrogens is 414 g/mol. The van der Waals surface area contributed by atoms with Gasteiger partial charge in [-0.25, -0.2) is 4.68 Å². The fourth-order valence-electron chi connectivity index (χ4n) is 5.83. The first-order valence-corrected chi connectivity index (χ1v) is 12.3. The lowest BCUT2D eigenvalue weighted by Gasteiger charge is -2.53. The van der Waals surface area contributed by atoms with Gasteiger partial charge in [-0.1, -0.05) is 32.1 Å². The SMILES string of the molecule is Cc1cc(N2CC(C)(C[NH+]3CC(C)(C)C3)C2)ccc1-c1cn(CC2OCC(C)(C)CO2)nn1. The molecule has 0 saturated carbocycles. The Bertz CT molecular complexity index is 990. The zero-order chi connectivity index (χ0) is 23.4. The number of aromatic nitrogens is 3. The van der Waals surface area contributed by atoms with Crippen LogP contribution in [0.3, 0.4) is 0 Å². The van der Waals surface area contributed by atoms with Crippen LogP contribution in [-0.2, 0) is 16.0 Å². The zero-order valence-electron chi connectivity index (χ0n) is 21.1. The van der Waals surface area contributed by atoms with Gasteiger partial charge in [-0.15, -0.1) is 5.10 Å². The molecule has 0 aliphatic carbocycles. The van der Waals surface area contributed by atoms with Gasteiger partial charge in [-0.3, -0.25) is 0 Å². The number of likely N-dealkylation sites (tertiary alicyclic amines) is 1. The molecule has 1 N–H and O–H groups in total. The molecule has 0 spiro atoms. The number of benzene rings is 1. The number of hydrogen-bond acceptors (Lipinski definition) is 5. The molecular formula is C26H40N5O2+. The number of anilines is 1. The van der Waals surface area contributed by atoms with E-state index in [1.54, 1.807) is 4.90 Å². The van der Waals surface area contributed by atoms with Crippen molar-refractivity contribution >= 4 is 5.69 Å². The summed E-state index contributed by atoms with van der Waals surface area (Å²) in [4.78, 5) is 4.28. The largest absolute Gasteiger partial charge is 0.370 e. The molecule has 33 heavy (non-hydrogen) atoms. The highest BCUT2D eigenvalue weighted by molar-refractivity contribution is 5.67. The first-order valence-electron chi connectivity index (χ1n) is 12.3. The molecule has 3 aliphatic heterocycles. The number of aryl methyl sites for hydroxylation is 1. The molecule has 1 aromatic carbocycles. The van der Waals surface area contributed by atoms with Crippen LogP contribution in [-0.4, -0.2) is 67.2 Å². The Hall–Kier alpha value is -1.96. The van der Waals surface area contributed by atoms with Gasteiger partial charge in [0.2, 0.25) is 0 Å². The van der Waals surface area contributed by atoms with E-state index in [-0.39, 0.29) is 11.7 Å². The van der Waals surface area contributed by atoms with E-state index in [1.165, 1.54) is 30.9 Å². The second-order valence-electron chi connectivity index (χ2n) is 12.7. The fraction of sp³-hybridized carbons (Fsp3) is 0.692. The highest BCUT2D eigenvalue weighted by Crippen LogP contribution is 2.36. The van der Waals surface area contributed by atoms with Gasteiger partial charge in [-0.2, -0.15) is 0 Å². The predicted molar refractivity (Wildman–Crippen MR) is 129 cm³/mol. The van der Waals surface area contributed by atoms with Crippen LogP contribution >= 0.6 is 0 Å². The Morgan fingerprint density at radius 3 is 2.36 bits per heavy atom. The van der Waals surface area contributed by atoms with Crippen LogP contribution in [0.25, 0.3) is 11.3 Å². The van der Waals surface area contributed by atoms with Crippen LogP contribution in [0, 0.1) is 23.2 Å². The number of quaternary nitrogens is 1. The molecule has 0 radical (unpaired) electrons. The highest BCUT2D eigenvalue weighted by atomic mass is 16.7. The van der Waals surface area contributed by atoms with Crippen LogP contribution in [0.4, 0.5) is 5.69 Å². The number of hydrogen-bond donors (Lipinski definition) is 1. The third-order valence-corrected chi connectivity index (χ3v) is 7.32. The van der Waals surface area contributed by atoms with Crippen molar-refractivity contribution in [3.63, 3.8) is 0 Å². The van der Waals surface area contributed by atoms with E-state index < -0.39 is 0 Å². The lowest BCUT2D eigenvalue weighted by molar-refractivity contribution is -0.965. The van der Waals surface area contributed by atoms with Crippen molar-refractivity contribution in [2.24, 2.45) is 16.2 Å². The van der Waals surface area contributed by atoms with Crippen LogP contribution in [0.2, 0.25) is 0 Å². The minimum absolute atomic E-state index is 0.0732. The normalized spacial score (nSPS) is 24.4. The second-order valence-corrected chi connectivity index (χ2v) is 12.7. The number of nitrogens with zero attached hydrogens (tertiary/aromatic N) is 4. The summed E-state index contributed by atoms with van der Waals surface area (Å²) >= 11 is 0. The minimum atomic E-state index is -0.263. The van der Waals surface area contributed by atoms with Gasteiger partial charge in [0.05, 0.1) is 56.4 Å². The van der Waals surface area contributed by atoms with E-state index in [2.05, 4.69) is 75.0 Å². The molecule has 7 heteroatoms. The molecule has 0 bridgehead atoms. The predicted octanol–water partition coefficient (Wildman–Crippen LogP) is 2.40. The van der Waals surface area contributed by atoms with Crippen molar-refractivity contribution in [1.29, 1.82) is 0 Å². The summed E-state index contributed by atoms with van der Waals surface area (Å²) in [6, 6.07) is 6.72. The van der Waals surface area contributed by atoms with Gasteiger partial charge >= 0.3 is 0 Å². The molecule has 7 nitrogen and oxygen atoms in total. The number of rotatable bonds is 6. The molecule has 3 fully saturated rings. The van der Waals surface area contributed by atoms with E-state index >= 15 is 0 Å². The average Bonchev–Trinajstić information content (AvgIpc) is 3.14. The van der Waals surface area contributed by atoms with E-state index in [1.807, 2.05) is 10.9 Å². The van der Waals surface area contributed by atoms with Crippen LogP contribution in [0.5, 0.6) is 0 Å². The van der Waals surface area contributed by atoms with Crippen molar-refractivity contribution in [2.45, 2.75) is 54.4 Å². The van der Waals surface area contributed by atoms with E-state index in [9.17, 15) is 0 Å². The van der Waals surface area contributed by atoms with E-state index in [4.69, 9.17) is 9.47 Å². The summed E-state index contributed by atoms with van der Waals surface area (Å²) in [5, 5.41) is 8.73. The Labute approximate surface area is 198 Å². The highest BCUT2D eigenvalue weighted by Gasteiger charge is 2.47. The van der Waals surface area contributed by atoms with Crippen LogP contribution < -0.4 is 9.80 Å². The molecule has 5 rings (SSSR count). The maximum Gasteiger partial charge on any atom is 0.177 e. The molecule has 1 aromatic heterocycles. The average molecular weight is 455 g/mol. The second kappa shape index (κ2) is 8.07. The molecule has 0 amide bonds. The summed E-state index contributed by atoms with van der Waals surface area (Å²) < 4.78 is 13.5. The van der Waals surface area contributed by atoms with Crippen molar-refractivity contribution < 1.29 is 14.4 Å². The van der Waals surface area contributed by atoms with E-state index in [0.717, 1.165) is 24.3 Å². The lowest BCUT2D eigenvalue weighted by Crippen LogP contribution is -3.23. The summed E-state index contributed by atoms with van der Waals surface area (Å²) in [6.45, 7) is 21.8. The topological polar surface area (TPSA) is 56.9 Å². The number of ether oxygens (including phenoxy) is 2. The quantitative estimate of drug-likeness (QED) is 0.727. The van der Waals surface area contributed by atoms with Gasteiger partial charge in [-0.05, 0) is 38.5 Å². The minimum Gasteiger partial charge on any atom is -0.370 e. The summed E-state index contributed by atoms with van der Waals surface area (Å²) in [5.74, 6) is 0. The zero-order valence-corrected chi connectivity index (χ0v) is 21.1. The van der Waals surface area contributed by atoms with E-state index in [0.29, 0.717) is 30.6 Å². The lowest BCUT2D eigenvalue weighted by atomic mass is 9.77. The maximum absolute atomic E-state index is 5.84. The molecule has 4 heterocycles. The van der Waals surface area contributed by atoms with Gasteiger partial charge in [0.15, 0.2) is 6.29 Å². The molecule has 3 aliphatic rings. The Morgan fingerprint density at radius 1 is 1.03 bits per heavy atom. The van der Waals surface area contributed by atoms with Gasteiger partial charge in [0.25, 0.3) is 0 Å². The van der Waals surface area contributed by atoms with Crippen LogP contribution in [0.1, 0.15) is 40.2 Å². The Balaban J connectivity index is 1.17. The third-order valence-electron chi connectivity index (χ3n) is 7.32. The smallest absolute Gasteiger partial charge is 0.177 e. The first-order chi connectivity index (χ1) is 15.5. The standard InChI is InChI=1S/C26H39N5O2/c1-19-9-20(30-15-26(6,16-30)14-29-12-24(2,3)13-29)7-8-21(19)22-10-31(28-27-22)11-23-32-17-25(4,5)18-33-23/h7-10,23H,11-18H2,1-6H3/p+1. The summed E-state index contributed by atoms with van der Waals surface area (Å²) in [7, 11) is 0. The molecule has 0 unspecified atom stereocenters. The van der Waals surface area contributed by atoms with Crippen LogP contribution in [0.15, 0.2) is 24.4 Å². The Kier molecular flexibility index (Phi) is 5.58. The molecule has 2 aromatic rings. The first kappa shape index (κ1) is 22.8. The van der Waals surface area contributed by atoms with Crippen molar-refractivity contribution in [2.75, 3.05) is 50.8 Å². The van der Waals surface area contributed by atoms with Crippen molar-refractivity contribution in [3.8, 4) is 11.3 Å². The third kappa shape index (κ3) is 4.96. The molecule has 3 saturated heterocycles. The van der Waals surface area contributed by atoms with Gasteiger partial charge in [0.1, 0.15) is 5.69 Å². The molecule has 0 atom stereocenters. The summed E-state index contributed by atoms with van der Waals surface area (Å²) in [6.07, 6.45) is 1.73. The summed E-state index contributed by atoms with van der Waals surface area (Å²) in [5.41, 5.74) is 5.61. The Morgan fingerprint density at radius 2 is 1.73 bits per heavy atom. The van der Waals surface area contributed by atoms with Crippen molar-refractivity contribution in [1.82, 2.24) is 15.0 Å². The van der Waals surface area contributed by atoms with Gasteiger partial charge < -0.3 is 19.3 Å². The monoisotopic (exact) mass is 454 g/mol. The molecule has 180 valence electrons. The van der Waals surface area contributed by atoms with Gasteiger partial charge in [0, 0.05) is 29.8 Å². The van der Waals surface area contributed by atoms with Crippen molar-refractivity contribution in [3.05, 3.63) is 30.0 Å².